The van der Waals surface area contributed by atoms with E-state index in [0.717, 1.165) is 5.56 Å². The molecule has 0 saturated heterocycles. The second-order valence-electron chi connectivity index (χ2n) is 6.39. The van der Waals surface area contributed by atoms with Crippen molar-refractivity contribution in [3.8, 4) is 5.75 Å². The van der Waals surface area contributed by atoms with Gasteiger partial charge in [-0.05, 0) is 31.5 Å². The van der Waals surface area contributed by atoms with Gasteiger partial charge >= 0.3 is 0 Å². The van der Waals surface area contributed by atoms with Crippen LogP contribution in [0.3, 0.4) is 0 Å². The Morgan fingerprint density at radius 3 is 2.71 bits per heavy atom. The van der Waals surface area contributed by atoms with Crippen LogP contribution in [0.2, 0.25) is 0 Å². The van der Waals surface area contributed by atoms with Crippen LogP contribution in [0.15, 0.2) is 42.5 Å². The Morgan fingerprint density at radius 1 is 1.21 bits per heavy atom. The van der Waals surface area contributed by atoms with E-state index in [2.05, 4.69) is 5.32 Å². The molecule has 0 atom stereocenters. The smallest absolute Gasteiger partial charge is 0.226 e. The average Bonchev–Trinajstić information content (AvgIpc) is 2.64. The molecule has 0 saturated carbocycles. The summed E-state index contributed by atoms with van der Waals surface area (Å²) >= 11 is 0. The van der Waals surface area contributed by atoms with E-state index >= 15 is 0 Å². The zero-order chi connectivity index (χ0) is 17.3. The molecule has 0 unspecified atom stereocenters. The van der Waals surface area contributed by atoms with Crippen LogP contribution in [0.1, 0.15) is 40.9 Å². The summed E-state index contributed by atoms with van der Waals surface area (Å²) in [5.74, 6) is 0.0931. The number of carbonyl (C=O) groups is 2. The third-order valence-corrected chi connectivity index (χ3v) is 3.74. The van der Waals surface area contributed by atoms with E-state index < -0.39 is 5.72 Å². The predicted molar refractivity (Wildman–Crippen MR) is 88.8 cm³/mol. The lowest BCUT2D eigenvalue weighted by molar-refractivity contribution is -0.126. The van der Waals surface area contributed by atoms with E-state index in [1.165, 1.54) is 13.8 Å². The standard InChI is InChI=1S/C19H19NO4/c1-19(2,23)20-17(21)10-12-7-8-16-15(9-12)18(22)14-6-4-3-5-13(14)11-24-16/h3-9,23H,10-11H2,1-2H3,(H,20,21). The lowest BCUT2D eigenvalue weighted by atomic mass is 9.97. The molecule has 5 nitrogen and oxygen atoms in total. The van der Waals surface area contributed by atoms with Crippen LogP contribution in [0, 0.1) is 0 Å². The van der Waals surface area contributed by atoms with Crippen LogP contribution in [0.4, 0.5) is 0 Å². The van der Waals surface area contributed by atoms with Gasteiger partial charge < -0.3 is 15.2 Å². The number of amides is 1. The predicted octanol–water partition coefficient (Wildman–Crippen LogP) is 2.20. The van der Waals surface area contributed by atoms with Gasteiger partial charge in [0.1, 0.15) is 18.1 Å². The second kappa shape index (κ2) is 6.09. The fourth-order valence-corrected chi connectivity index (χ4v) is 2.73. The van der Waals surface area contributed by atoms with E-state index in [0.29, 0.717) is 29.0 Å². The number of hydrogen-bond acceptors (Lipinski definition) is 4. The summed E-state index contributed by atoms with van der Waals surface area (Å²) in [6.45, 7) is 3.33. The van der Waals surface area contributed by atoms with Crippen LogP contribution in [-0.2, 0) is 17.8 Å². The molecule has 1 heterocycles. The number of fused-ring (bicyclic) bond motifs is 2. The Morgan fingerprint density at radius 2 is 1.96 bits per heavy atom. The molecule has 0 fully saturated rings. The highest BCUT2D eigenvalue weighted by Gasteiger charge is 2.23. The van der Waals surface area contributed by atoms with Gasteiger partial charge in [0, 0.05) is 11.1 Å². The monoisotopic (exact) mass is 325 g/mol. The van der Waals surface area contributed by atoms with E-state index in [9.17, 15) is 14.7 Å². The molecule has 2 N–H and O–H groups in total. The zero-order valence-electron chi connectivity index (χ0n) is 13.6. The van der Waals surface area contributed by atoms with Crippen molar-refractivity contribution in [2.75, 3.05) is 0 Å². The molecule has 1 aliphatic heterocycles. The molecular weight excluding hydrogens is 306 g/mol. The molecule has 0 bridgehead atoms. The maximum Gasteiger partial charge on any atom is 0.226 e. The van der Waals surface area contributed by atoms with Crippen molar-refractivity contribution >= 4 is 11.7 Å². The first-order valence-electron chi connectivity index (χ1n) is 7.75. The molecule has 0 aromatic heterocycles. The fraction of sp³-hybridized carbons (Fsp3) is 0.263. The largest absolute Gasteiger partial charge is 0.488 e. The summed E-state index contributed by atoms with van der Waals surface area (Å²) < 4.78 is 5.72. The molecule has 0 spiro atoms. The van der Waals surface area contributed by atoms with Crippen LogP contribution < -0.4 is 10.1 Å². The molecule has 0 aliphatic carbocycles. The summed E-state index contributed by atoms with van der Waals surface area (Å²) in [5, 5.41) is 12.1. The van der Waals surface area contributed by atoms with Crippen molar-refractivity contribution in [2.45, 2.75) is 32.6 Å². The average molecular weight is 325 g/mol. The van der Waals surface area contributed by atoms with Crippen molar-refractivity contribution in [2.24, 2.45) is 0 Å². The van der Waals surface area contributed by atoms with Gasteiger partial charge in [0.25, 0.3) is 0 Å². The molecule has 2 aromatic carbocycles. The lowest BCUT2D eigenvalue weighted by Gasteiger charge is -2.19. The third-order valence-electron chi connectivity index (χ3n) is 3.74. The number of rotatable bonds is 3. The number of ketones is 1. The van der Waals surface area contributed by atoms with Crippen molar-refractivity contribution in [3.63, 3.8) is 0 Å². The van der Waals surface area contributed by atoms with E-state index in [4.69, 9.17) is 4.74 Å². The zero-order valence-corrected chi connectivity index (χ0v) is 13.6. The van der Waals surface area contributed by atoms with Gasteiger partial charge in [0.05, 0.1) is 12.0 Å². The van der Waals surface area contributed by atoms with Crippen molar-refractivity contribution in [1.82, 2.24) is 5.32 Å². The molecule has 2 aromatic rings. The highest BCUT2D eigenvalue weighted by Crippen LogP contribution is 2.29. The van der Waals surface area contributed by atoms with Gasteiger partial charge in [0.15, 0.2) is 5.78 Å². The molecule has 1 amide bonds. The van der Waals surface area contributed by atoms with Gasteiger partial charge in [-0.15, -0.1) is 0 Å². The molecule has 24 heavy (non-hydrogen) atoms. The molecule has 5 heteroatoms. The van der Waals surface area contributed by atoms with E-state index in [1.54, 1.807) is 24.3 Å². The summed E-state index contributed by atoms with van der Waals surface area (Å²) in [7, 11) is 0. The van der Waals surface area contributed by atoms with Crippen molar-refractivity contribution in [3.05, 3.63) is 64.7 Å². The lowest BCUT2D eigenvalue weighted by Crippen LogP contribution is -2.43. The first-order valence-corrected chi connectivity index (χ1v) is 7.75. The summed E-state index contributed by atoms with van der Waals surface area (Å²) in [6.07, 6.45) is 0.0756. The number of ether oxygens (including phenoxy) is 1. The minimum atomic E-state index is -1.28. The minimum absolute atomic E-state index is 0.0756. The first-order chi connectivity index (χ1) is 11.3. The Bertz CT molecular complexity index is 805. The molecule has 3 rings (SSSR count). The minimum Gasteiger partial charge on any atom is -0.488 e. The summed E-state index contributed by atoms with van der Waals surface area (Å²) in [4.78, 5) is 24.7. The van der Waals surface area contributed by atoms with E-state index in [-0.39, 0.29) is 18.1 Å². The molecular formula is C19H19NO4. The summed E-state index contributed by atoms with van der Waals surface area (Å²) in [6, 6.07) is 12.5. The Labute approximate surface area is 140 Å². The number of benzene rings is 2. The summed E-state index contributed by atoms with van der Waals surface area (Å²) in [5.41, 5.74) is 1.33. The van der Waals surface area contributed by atoms with E-state index in [1.807, 2.05) is 18.2 Å². The van der Waals surface area contributed by atoms with Gasteiger partial charge in [0.2, 0.25) is 5.91 Å². The highest BCUT2D eigenvalue weighted by atomic mass is 16.5. The van der Waals surface area contributed by atoms with Crippen molar-refractivity contribution < 1.29 is 19.4 Å². The Kier molecular flexibility index (Phi) is 4.11. The van der Waals surface area contributed by atoms with Crippen LogP contribution in [0.25, 0.3) is 0 Å². The van der Waals surface area contributed by atoms with Crippen LogP contribution in [-0.4, -0.2) is 22.5 Å². The first kappa shape index (κ1) is 16.2. The van der Waals surface area contributed by atoms with Gasteiger partial charge in [-0.3, -0.25) is 9.59 Å². The SMILES string of the molecule is CC(C)(O)NC(=O)Cc1ccc2c(c1)C(=O)c1ccccc1CO2. The third kappa shape index (κ3) is 3.46. The fourth-order valence-electron chi connectivity index (χ4n) is 2.73. The second-order valence-corrected chi connectivity index (χ2v) is 6.39. The van der Waals surface area contributed by atoms with Gasteiger partial charge in [-0.25, -0.2) is 0 Å². The van der Waals surface area contributed by atoms with Gasteiger partial charge in [-0.2, -0.15) is 0 Å². The number of aliphatic hydroxyl groups is 1. The topological polar surface area (TPSA) is 75.6 Å². The Balaban J connectivity index is 1.89. The number of nitrogens with one attached hydrogen (secondary N) is 1. The number of carbonyl (C=O) groups excluding carboxylic acids is 2. The van der Waals surface area contributed by atoms with Crippen LogP contribution in [0.5, 0.6) is 5.75 Å². The van der Waals surface area contributed by atoms with Crippen molar-refractivity contribution in [1.29, 1.82) is 0 Å². The molecule has 1 aliphatic rings. The normalized spacial score (nSPS) is 13.4. The van der Waals surface area contributed by atoms with Crippen LogP contribution >= 0.6 is 0 Å². The van der Waals surface area contributed by atoms with Gasteiger partial charge in [-0.1, -0.05) is 30.3 Å². The maximum atomic E-state index is 12.8. The highest BCUT2D eigenvalue weighted by molar-refractivity contribution is 6.12. The molecule has 124 valence electrons. The molecule has 0 radical (unpaired) electrons. The number of hydrogen-bond donors (Lipinski definition) is 2. The maximum absolute atomic E-state index is 12.8. The Hall–Kier alpha value is -2.66. The quantitative estimate of drug-likeness (QED) is 0.848.